The Bertz CT molecular complexity index is 5390. The van der Waals surface area contributed by atoms with Crippen molar-refractivity contribution >= 4 is 158 Å². The Kier molecular flexibility index (Phi) is 15.8. The second-order valence-electron chi connectivity index (χ2n) is 20.2. The second-order valence-corrected chi connectivity index (χ2v) is 28.5. The summed E-state index contributed by atoms with van der Waals surface area (Å²) in [5.74, 6) is -0.416. The van der Waals surface area contributed by atoms with Crippen LogP contribution in [0.4, 0.5) is 29.2 Å². The number of rotatable bonds is 17. The molecule has 37 heteroatoms. The number of hydrogen-bond acceptors (Lipinski definition) is 23. The van der Waals surface area contributed by atoms with Crippen LogP contribution < -0.4 is 15.5 Å². The predicted octanol–water partition coefficient (Wildman–Crippen LogP) is 6.79. The minimum atomic E-state index is -5.08. The first-order valence-corrected chi connectivity index (χ1v) is 35.0. The van der Waals surface area contributed by atoms with E-state index in [1.807, 2.05) is 0 Å². The summed E-state index contributed by atoms with van der Waals surface area (Å²) in [5.41, 5.74) is -0.465. The molecular weight excluding hydrogens is 1330 g/mol. The van der Waals surface area contributed by atoms with Crippen molar-refractivity contribution in [3.05, 3.63) is 156 Å². The van der Waals surface area contributed by atoms with E-state index >= 15 is 0 Å². The lowest BCUT2D eigenvalue weighted by molar-refractivity contribution is 0.122. The zero-order valence-corrected chi connectivity index (χ0v) is 51.2. The van der Waals surface area contributed by atoms with E-state index in [9.17, 15) is 77.8 Å². The van der Waals surface area contributed by atoms with Crippen LogP contribution in [0.15, 0.2) is 163 Å². The molecule has 8 aromatic carbocycles. The Labute approximate surface area is 520 Å². The molecule has 31 nitrogen and oxygen atoms in total. The molecule has 0 unspecified atom stereocenters. The van der Waals surface area contributed by atoms with E-state index in [4.69, 9.17) is 4.74 Å². The average molecular weight is 1370 g/mol. The molecule has 11 aromatic rings. The topological polar surface area (TPSA) is 463 Å². The summed E-state index contributed by atoms with van der Waals surface area (Å²) in [7, 11) is -29.7. The molecule has 92 heavy (non-hydrogen) atoms. The molecule has 0 atom stereocenters. The molecule has 0 aliphatic carbocycles. The molecule has 0 saturated carbocycles. The van der Waals surface area contributed by atoms with E-state index in [2.05, 4.69) is 46.0 Å². The van der Waals surface area contributed by atoms with Gasteiger partial charge in [-0.25, -0.2) is 0 Å². The van der Waals surface area contributed by atoms with Crippen LogP contribution >= 0.6 is 0 Å². The normalized spacial score (nSPS) is 14.0. The zero-order chi connectivity index (χ0) is 65.5. The van der Waals surface area contributed by atoms with Crippen LogP contribution in [-0.4, -0.2) is 149 Å². The highest BCUT2D eigenvalue weighted by Gasteiger charge is 2.26. The highest BCUT2D eigenvalue weighted by atomic mass is 32.2. The average Bonchev–Trinajstić information content (AvgIpc) is 1.57. The lowest BCUT2D eigenvalue weighted by Crippen LogP contribution is -2.37. The SMILES string of the molecule is O=S(=O)(O)c1cc(Nc2nc(Nc3ccc(/C=C/c4ccc(-n5nc6cc(S(=O)(=O)O)c7ccccc7c6n5)cc4S(=O)(=O)O)c(S(=O)(=O)O)c3)nc(N3CCOCC3)n2)ccc1/C=C/c1ccc(-n2nc3cc(S(=O)(=O)O)c4ccccc4c3n2)cc1S(=O)(=O)O. The maximum absolute atomic E-state index is 13.0. The van der Waals surface area contributed by atoms with Crippen molar-refractivity contribution in [2.75, 3.05) is 41.8 Å². The third-order valence-corrected chi connectivity index (χ3v) is 19.6. The van der Waals surface area contributed by atoms with Gasteiger partial charge in [0.2, 0.25) is 17.8 Å². The summed E-state index contributed by atoms with van der Waals surface area (Å²) < 4.78 is 220. The molecule has 1 aliphatic rings. The van der Waals surface area contributed by atoms with Crippen molar-refractivity contribution in [1.29, 1.82) is 0 Å². The van der Waals surface area contributed by atoms with Crippen LogP contribution in [0.3, 0.4) is 0 Å². The van der Waals surface area contributed by atoms with Gasteiger partial charge in [-0.3, -0.25) is 27.3 Å². The minimum Gasteiger partial charge on any atom is -0.378 e. The third-order valence-electron chi connectivity index (χ3n) is 14.2. The van der Waals surface area contributed by atoms with Crippen molar-refractivity contribution in [1.82, 2.24) is 44.9 Å². The maximum atomic E-state index is 13.0. The lowest BCUT2D eigenvalue weighted by Gasteiger charge is -2.27. The summed E-state index contributed by atoms with van der Waals surface area (Å²) in [5, 5.41) is 24.0. The van der Waals surface area contributed by atoms with Gasteiger partial charge in [0.15, 0.2) is 0 Å². The van der Waals surface area contributed by atoms with Gasteiger partial charge in [0.05, 0.1) is 24.6 Å². The van der Waals surface area contributed by atoms with Crippen molar-refractivity contribution in [2.45, 2.75) is 29.4 Å². The van der Waals surface area contributed by atoms with Gasteiger partial charge < -0.3 is 20.3 Å². The number of nitrogens with one attached hydrogen (secondary N) is 2. The number of benzene rings is 8. The maximum Gasteiger partial charge on any atom is 0.295 e. The number of anilines is 5. The van der Waals surface area contributed by atoms with E-state index in [-0.39, 0.29) is 109 Å². The summed E-state index contributed by atoms with van der Waals surface area (Å²) in [6.07, 6.45) is 4.55. The molecule has 12 rings (SSSR count). The van der Waals surface area contributed by atoms with Crippen molar-refractivity contribution in [2.24, 2.45) is 0 Å². The molecule has 472 valence electrons. The first kappa shape index (κ1) is 62.6. The number of aromatic nitrogens is 9. The number of fused-ring (bicyclic) bond motifs is 6. The Hall–Kier alpha value is -9.61. The van der Waals surface area contributed by atoms with Crippen LogP contribution in [0.25, 0.3) is 79.3 Å². The summed E-state index contributed by atoms with van der Waals surface area (Å²) in [6.45, 7) is 1.11. The Morgan fingerprint density at radius 3 is 1.08 bits per heavy atom. The Balaban J connectivity index is 0.826. The first-order valence-electron chi connectivity index (χ1n) is 26.3. The number of nitrogens with zero attached hydrogens (tertiary/aromatic N) is 10. The van der Waals surface area contributed by atoms with Crippen LogP contribution in [0.2, 0.25) is 0 Å². The van der Waals surface area contributed by atoms with E-state index in [1.165, 1.54) is 60.7 Å². The Morgan fingerprint density at radius 1 is 0.380 bits per heavy atom. The van der Waals surface area contributed by atoms with E-state index < -0.39 is 90.1 Å². The van der Waals surface area contributed by atoms with Gasteiger partial charge in [0.1, 0.15) is 51.4 Å². The van der Waals surface area contributed by atoms with Gasteiger partial charge in [-0.15, -0.1) is 20.4 Å². The molecule has 3 aromatic heterocycles. The molecule has 1 aliphatic heterocycles. The zero-order valence-electron chi connectivity index (χ0n) is 46.3. The highest BCUT2D eigenvalue weighted by molar-refractivity contribution is 7.87. The molecule has 4 heterocycles. The fourth-order valence-corrected chi connectivity index (χ4v) is 14.3. The van der Waals surface area contributed by atoms with Gasteiger partial charge in [0.25, 0.3) is 60.7 Å². The molecule has 0 spiro atoms. The first-order chi connectivity index (χ1) is 43.3. The summed E-state index contributed by atoms with van der Waals surface area (Å²) >= 11 is 0. The lowest BCUT2D eigenvalue weighted by atomic mass is 10.1. The van der Waals surface area contributed by atoms with Gasteiger partial charge in [0, 0.05) is 46.0 Å². The molecule has 1 fully saturated rings. The smallest absolute Gasteiger partial charge is 0.295 e. The van der Waals surface area contributed by atoms with Gasteiger partial charge in [-0.1, -0.05) is 97.1 Å². The van der Waals surface area contributed by atoms with E-state index in [1.54, 1.807) is 41.3 Å². The largest absolute Gasteiger partial charge is 0.378 e. The fourth-order valence-electron chi connectivity index (χ4n) is 10.0. The predicted molar refractivity (Wildman–Crippen MR) is 332 cm³/mol. The van der Waals surface area contributed by atoms with Crippen molar-refractivity contribution < 1.29 is 82.6 Å². The van der Waals surface area contributed by atoms with E-state index in [0.29, 0.717) is 23.9 Å². The summed E-state index contributed by atoms with van der Waals surface area (Å²) in [4.78, 5) is 13.3. The van der Waals surface area contributed by atoms with Crippen LogP contribution in [0, 0.1) is 0 Å². The van der Waals surface area contributed by atoms with Gasteiger partial charge >= 0.3 is 0 Å². The highest BCUT2D eigenvalue weighted by Crippen LogP contribution is 2.35. The minimum absolute atomic E-state index is 0.00851. The van der Waals surface area contributed by atoms with Crippen molar-refractivity contribution in [3.63, 3.8) is 0 Å². The van der Waals surface area contributed by atoms with Gasteiger partial charge in [-0.05, 0) is 82.9 Å². The van der Waals surface area contributed by atoms with Crippen LogP contribution in [-0.2, 0) is 65.4 Å². The van der Waals surface area contributed by atoms with E-state index in [0.717, 1.165) is 70.3 Å². The van der Waals surface area contributed by atoms with Crippen LogP contribution in [0.1, 0.15) is 22.3 Å². The molecule has 0 amide bonds. The quantitative estimate of drug-likeness (QED) is 0.0343. The molecule has 0 radical (unpaired) electrons. The summed E-state index contributed by atoms with van der Waals surface area (Å²) in [6, 6.07) is 28.8. The number of hydrogen-bond donors (Lipinski definition) is 8. The standard InChI is InChI=1S/C55H42N12O19S6/c68-87(69,70)45-25-35(17-13-31(45)9-11-33-15-19-37(27-47(33)89(74,75)76)66-61-43-29-49(91(80,81)82)39-5-1-3-7-41(39)51(43)63-66)56-53-58-54(60-55(59-53)65-21-23-86-24-22-65)57-36-18-14-32(46(26-36)88(71,72)73)10-12-34-16-20-38(28-48(34)90(77,78)79)67-62-44-30-50(92(83,84)85)40-6-2-4-8-42(40)52(44)64-67/h1-20,25-30H,21-24H2,(H,68,69,70)(H,71,72,73)(H,74,75,76)(H,77,78,79)(H,80,81,82)(H,83,84,85)(H2,56,57,58,59,60)/b11-9+,12-10+. The van der Waals surface area contributed by atoms with Gasteiger partial charge in [-0.2, -0.15) is 75.1 Å². The molecule has 8 N–H and O–H groups in total. The molecule has 1 saturated heterocycles. The number of morpholine rings is 1. The fraction of sp³-hybridized carbons (Fsp3) is 0.0727. The molecular formula is C55H42N12O19S6. The number of ether oxygens (including phenoxy) is 1. The second kappa shape index (κ2) is 23.3. The van der Waals surface area contributed by atoms with Crippen molar-refractivity contribution in [3.8, 4) is 11.4 Å². The monoisotopic (exact) mass is 1370 g/mol. The third kappa shape index (κ3) is 12.9. The van der Waals surface area contributed by atoms with Crippen LogP contribution in [0.5, 0.6) is 0 Å². The molecule has 0 bridgehead atoms. The Morgan fingerprint density at radius 2 is 0.717 bits per heavy atom.